The van der Waals surface area contributed by atoms with Crippen molar-refractivity contribution in [2.75, 3.05) is 13.7 Å². The second kappa shape index (κ2) is 7.55. The zero-order valence-corrected chi connectivity index (χ0v) is 14.1. The first-order valence-corrected chi connectivity index (χ1v) is 8.95. The average Bonchev–Trinajstić information content (AvgIpc) is 2.95. The number of aryl methyl sites for hydroxylation is 1. The monoisotopic (exact) mass is 306 g/mol. The molecule has 0 aromatic carbocycles. The van der Waals surface area contributed by atoms with Crippen molar-refractivity contribution in [3.05, 3.63) is 11.6 Å². The Kier molecular flexibility index (Phi) is 5.47. The molecule has 0 spiro atoms. The lowest BCUT2D eigenvalue weighted by atomic mass is 9.77. The molecule has 0 radical (unpaired) electrons. The number of fused-ring (bicyclic) bond motifs is 1. The zero-order chi connectivity index (χ0) is 15.4. The van der Waals surface area contributed by atoms with Crippen molar-refractivity contribution in [1.82, 2.24) is 20.1 Å². The first kappa shape index (κ1) is 15.9. The van der Waals surface area contributed by atoms with Crippen molar-refractivity contribution >= 4 is 0 Å². The van der Waals surface area contributed by atoms with Crippen LogP contribution in [0.15, 0.2) is 0 Å². The summed E-state index contributed by atoms with van der Waals surface area (Å²) in [4.78, 5) is 4.55. The van der Waals surface area contributed by atoms with Crippen LogP contribution in [0, 0.1) is 11.8 Å². The van der Waals surface area contributed by atoms with Crippen LogP contribution in [0.1, 0.15) is 57.1 Å². The van der Waals surface area contributed by atoms with E-state index in [1.165, 1.54) is 45.1 Å². The lowest BCUT2D eigenvalue weighted by Gasteiger charge is -2.33. The van der Waals surface area contributed by atoms with Crippen molar-refractivity contribution in [2.45, 2.75) is 71.1 Å². The SMILES string of the molecule is CC[C@@H]1CCCC[C@H]1CN[C@@H]1CCc2nc(COC)nn2C1. The minimum Gasteiger partial charge on any atom is -0.377 e. The molecule has 1 N–H and O–H groups in total. The van der Waals surface area contributed by atoms with Gasteiger partial charge in [-0.05, 0) is 31.2 Å². The highest BCUT2D eigenvalue weighted by Gasteiger charge is 2.26. The van der Waals surface area contributed by atoms with Crippen LogP contribution in [0.3, 0.4) is 0 Å². The third kappa shape index (κ3) is 3.69. The molecule has 1 aromatic rings. The van der Waals surface area contributed by atoms with E-state index in [1.807, 2.05) is 0 Å². The van der Waals surface area contributed by atoms with Gasteiger partial charge in [-0.25, -0.2) is 9.67 Å². The molecule has 1 saturated carbocycles. The molecule has 0 bridgehead atoms. The third-order valence-corrected chi connectivity index (χ3v) is 5.43. The Balaban J connectivity index is 1.51. The summed E-state index contributed by atoms with van der Waals surface area (Å²) in [5.41, 5.74) is 0. The quantitative estimate of drug-likeness (QED) is 0.877. The standard InChI is InChI=1S/C17H30N4O/c1-3-13-6-4-5-7-14(13)10-18-15-8-9-17-19-16(12-22-2)20-21(17)11-15/h13-15,18H,3-12H2,1-2H3/t13-,14+,15-/m1/s1. The summed E-state index contributed by atoms with van der Waals surface area (Å²) in [6, 6.07) is 0.545. The molecule has 1 aromatic heterocycles. The molecule has 1 aliphatic heterocycles. The van der Waals surface area contributed by atoms with Gasteiger partial charge in [-0.1, -0.05) is 32.6 Å². The largest absolute Gasteiger partial charge is 0.377 e. The van der Waals surface area contributed by atoms with Crippen molar-refractivity contribution in [2.24, 2.45) is 11.8 Å². The topological polar surface area (TPSA) is 52.0 Å². The summed E-state index contributed by atoms with van der Waals surface area (Å²) in [6.45, 7) is 4.99. The highest BCUT2D eigenvalue weighted by atomic mass is 16.5. The number of nitrogens with zero attached hydrogens (tertiary/aromatic N) is 3. The molecule has 2 aliphatic rings. The maximum absolute atomic E-state index is 5.13. The second-order valence-corrected chi connectivity index (χ2v) is 6.92. The smallest absolute Gasteiger partial charge is 0.176 e. The van der Waals surface area contributed by atoms with Crippen LogP contribution in [0.4, 0.5) is 0 Å². The summed E-state index contributed by atoms with van der Waals surface area (Å²) in [5.74, 6) is 3.74. The number of rotatable bonds is 6. The van der Waals surface area contributed by atoms with Crippen LogP contribution in [0.5, 0.6) is 0 Å². The normalized spacial score (nSPS) is 28.5. The Labute approximate surface area is 133 Å². The van der Waals surface area contributed by atoms with Crippen molar-refractivity contribution in [3.8, 4) is 0 Å². The Morgan fingerprint density at radius 2 is 2.05 bits per heavy atom. The Morgan fingerprint density at radius 1 is 1.23 bits per heavy atom. The summed E-state index contributed by atoms with van der Waals surface area (Å²) >= 11 is 0. The fourth-order valence-electron chi connectivity index (χ4n) is 4.13. The molecule has 0 unspecified atom stereocenters. The minimum atomic E-state index is 0.512. The second-order valence-electron chi connectivity index (χ2n) is 6.92. The molecular formula is C17H30N4O. The molecule has 1 aliphatic carbocycles. The first-order valence-electron chi connectivity index (χ1n) is 8.95. The number of nitrogens with one attached hydrogen (secondary N) is 1. The Bertz CT molecular complexity index is 473. The molecule has 0 amide bonds. The van der Waals surface area contributed by atoms with E-state index in [-0.39, 0.29) is 0 Å². The number of hydrogen-bond acceptors (Lipinski definition) is 4. The van der Waals surface area contributed by atoms with Gasteiger partial charge in [-0.15, -0.1) is 0 Å². The van der Waals surface area contributed by atoms with Crippen LogP contribution in [-0.4, -0.2) is 34.5 Å². The maximum atomic E-state index is 5.13. The summed E-state index contributed by atoms with van der Waals surface area (Å²) < 4.78 is 7.21. The number of hydrogen-bond donors (Lipinski definition) is 1. The van der Waals surface area contributed by atoms with Gasteiger partial charge in [0.25, 0.3) is 0 Å². The molecule has 3 atom stereocenters. The molecule has 124 valence electrons. The first-order chi connectivity index (χ1) is 10.8. The van der Waals surface area contributed by atoms with E-state index in [1.54, 1.807) is 7.11 Å². The van der Waals surface area contributed by atoms with E-state index in [0.29, 0.717) is 12.6 Å². The predicted octanol–water partition coefficient (Wildman–Crippen LogP) is 2.55. The van der Waals surface area contributed by atoms with Gasteiger partial charge >= 0.3 is 0 Å². The average molecular weight is 306 g/mol. The van der Waals surface area contributed by atoms with E-state index < -0.39 is 0 Å². The highest BCUT2D eigenvalue weighted by molar-refractivity contribution is 4.97. The molecule has 0 saturated heterocycles. The van der Waals surface area contributed by atoms with Gasteiger partial charge < -0.3 is 10.1 Å². The van der Waals surface area contributed by atoms with Gasteiger partial charge in [0.15, 0.2) is 5.82 Å². The van der Waals surface area contributed by atoms with Crippen LogP contribution in [0.2, 0.25) is 0 Å². The number of methoxy groups -OCH3 is 1. The van der Waals surface area contributed by atoms with E-state index in [4.69, 9.17) is 4.74 Å². The van der Waals surface area contributed by atoms with Gasteiger partial charge in [0.2, 0.25) is 0 Å². The van der Waals surface area contributed by atoms with Crippen LogP contribution < -0.4 is 5.32 Å². The Morgan fingerprint density at radius 3 is 2.82 bits per heavy atom. The summed E-state index contributed by atoms with van der Waals surface area (Å²) in [6.07, 6.45) is 9.23. The highest BCUT2D eigenvalue weighted by Crippen LogP contribution is 2.31. The van der Waals surface area contributed by atoms with Gasteiger partial charge in [-0.3, -0.25) is 0 Å². The van der Waals surface area contributed by atoms with Crippen LogP contribution in [-0.2, 0) is 24.3 Å². The van der Waals surface area contributed by atoms with Crippen LogP contribution >= 0.6 is 0 Å². The van der Waals surface area contributed by atoms with Gasteiger partial charge in [0.1, 0.15) is 12.4 Å². The van der Waals surface area contributed by atoms with E-state index in [2.05, 4.69) is 27.0 Å². The van der Waals surface area contributed by atoms with E-state index in [9.17, 15) is 0 Å². The maximum Gasteiger partial charge on any atom is 0.176 e. The fraction of sp³-hybridized carbons (Fsp3) is 0.882. The molecule has 2 heterocycles. The van der Waals surface area contributed by atoms with Gasteiger partial charge in [0.05, 0.1) is 6.54 Å². The Hall–Kier alpha value is -0.940. The fourth-order valence-corrected chi connectivity index (χ4v) is 4.13. The molecule has 5 nitrogen and oxygen atoms in total. The van der Waals surface area contributed by atoms with E-state index >= 15 is 0 Å². The minimum absolute atomic E-state index is 0.512. The number of ether oxygens (including phenoxy) is 1. The van der Waals surface area contributed by atoms with Crippen molar-refractivity contribution in [3.63, 3.8) is 0 Å². The lowest BCUT2D eigenvalue weighted by Crippen LogP contribution is -2.41. The summed E-state index contributed by atoms with van der Waals surface area (Å²) in [7, 11) is 1.69. The molecule has 22 heavy (non-hydrogen) atoms. The zero-order valence-electron chi connectivity index (χ0n) is 14.1. The molecule has 3 rings (SSSR count). The summed E-state index contributed by atoms with van der Waals surface area (Å²) in [5, 5.41) is 8.38. The van der Waals surface area contributed by atoms with Crippen molar-refractivity contribution in [1.29, 1.82) is 0 Å². The lowest BCUT2D eigenvalue weighted by molar-refractivity contribution is 0.177. The number of aromatic nitrogens is 3. The van der Waals surface area contributed by atoms with Gasteiger partial charge in [0, 0.05) is 19.6 Å². The van der Waals surface area contributed by atoms with Gasteiger partial charge in [-0.2, -0.15) is 5.10 Å². The molecule has 5 heteroatoms. The van der Waals surface area contributed by atoms with Crippen LogP contribution in [0.25, 0.3) is 0 Å². The van der Waals surface area contributed by atoms with Crippen molar-refractivity contribution < 1.29 is 4.74 Å². The third-order valence-electron chi connectivity index (χ3n) is 5.43. The molecule has 1 fully saturated rings. The van der Waals surface area contributed by atoms with E-state index in [0.717, 1.165) is 36.5 Å². The molecular weight excluding hydrogens is 276 g/mol. The predicted molar refractivity (Wildman–Crippen MR) is 86.6 cm³/mol.